The molecule has 1 unspecified atom stereocenters. The molecule has 17 heavy (non-hydrogen) atoms. The molecule has 1 fully saturated rings. The van der Waals surface area contributed by atoms with E-state index in [1.54, 1.807) is 13.0 Å². The topological polar surface area (TPSA) is 37.4 Å². The van der Waals surface area contributed by atoms with Crippen LogP contribution in [0.1, 0.15) is 12.0 Å². The van der Waals surface area contributed by atoms with Gasteiger partial charge in [0.2, 0.25) is 11.8 Å². The van der Waals surface area contributed by atoms with E-state index in [9.17, 15) is 14.0 Å². The SMILES string of the molecule is Cc1ccc(F)cc1N1C(=O)CC(CCl)C1=O. The number of hydrogen-bond acceptors (Lipinski definition) is 2. The number of benzene rings is 1. The number of aryl methyl sites for hydroxylation is 1. The van der Waals surface area contributed by atoms with Crippen LogP contribution in [0.15, 0.2) is 18.2 Å². The van der Waals surface area contributed by atoms with Crippen molar-refractivity contribution in [3.05, 3.63) is 29.6 Å². The smallest absolute Gasteiger partial charge is 0.238 e. The maximum absolute atomic E-state index is 13.2. The predicted octanol–water partition coefficient (Wildman–Crippen LogP) is 2.25. The van der Waals surface area contributed by atoms with Gasteiger partial charge in [-0.25, -0.2) is 9.29 Å². The molecule has 90 valence electrons. The molecule has 0 bridgehead atoms. The van der Waals surface area contributed by atoms with Crippen LogP contribution in [0.5, 0.6) is 0 Å². The minimum absolute atomic E-state index is 0.0955. The third kappa shape index (κ3) is 2.05. The van der Waals surface area contributed by atoms with E-state index in [0.29, 0.717) is 11.3 Å². The molecular formula is C12H11ClFNO2. The Hall–Kier alpha value is -1.42. The fraction of sp³-hybridized carbons (Fsp3) is 0.333. The average Bonchev–Trinajstić information content (AvgIpc) is 2.58. The van der Waals surface area contributed by atoms with Crippen LogP contribution in [0.25, 0.3) is 0 Å². The summed E-state index contributed by atoms with van der Waals surface area (Å²) in [5, 5.41) is 0. The zero-order valence-corrected chi connectivity index (χ0v) is 10.00. The van der Waals surface area contributed by atoms with E-state index in [1.165, 1.54) is 12.1 Å². The number of carbonyl (C=O) groups excluding carboxylic acids is 2. The van der Waals surface area contributed by atoms with Crippen LogP contribution in [0, 0.1) is 18.7 Å². The van der Waals surface area contributed by atoms with Gasteiger partial charge in [0.25, 0.3) is 0 Å². The summed E-state index contributed by atoms with van der Waals surface area (Å²) in [6.45, 7) is 1.73. The first-order chi connectivity index (χ1) is 8.04. The minimum atomic E-state index is -0.494. The Morgan fingerprint density at radius 2 is 2.18 bits per heavy atom. The van der Waals surface area contributed by atoms with Crippen LogP contribution < -0.4 is 4.90 Å². The van der Waals surface area contributed by atoms with Crippen molar-refractivity contribution < 1.29 is 14.0 Å². The van der Waals surface area contributed by atoms with E-state index in [2.05, 4.69) is 0 Å². The summed E-state index contributed by atoms with van der Waals surface area (Å²) in [6.07, 6.45) is 0.0955. The van der Waals surface area contributed by atoms with E-state index in [-0.39, 0.29) is 24.1 Å². The number of alkyl halides is 1. The predicted molar refractivity (Wildman–Crippen MR) is 62.5 cm³/mol. The summed E-state index contributed by atoms with van der Waals surface area (Å²) in [5.41, 5.74) is 0.996. The minimum Gasteiger partial charge on any atom is -0.274 e. The van der Waals surface area contributed by atoms with E-state index in [4.69, 9.17) is 11.6 Å². The molecule has 1 atom stereocenters. The van der Waals surface area contributed by atoms with Gasteiger partial charge in [0.15, 0.2) is 0 Å². The number of hydrogen-bond donors (Lipinski definition) is 0. The zero-order chi connectivity index (χ0) is 12.6. The van der Waals surface area contributed by atoms with Crippen LogP contribution in [0.3, 0.4) is 0 Å². The summed E-state index contributed by atoms with van der Waals surface area (Å²) in [5.74, 6) is -1.53. The zero-order valence-electron chi connectivity index (χ0n) is 9.24. The second-order valence-corrected chi connectivity index (χ2v) is 4.36. The number of halogens is 2. The number of rotatable bonds is 2. The van der Waals surface area contributed by atoms with Crippen LogP contribution in [-0.2, 0) is 9.59 Å². The van der Waals surface area contributed by atoms with Crippen molar-refractivity contribution in [2.24, 2.45) is 5.92 Å². The molecule has 0 aliphatic carbocycles. The molecule has 2 rings (SSSR count). The molecule has 1 heterocycles. The van der Waals surface area contributed by atoms with Gasteiger partial charge < -0.3 is 0 Å². The maximum Gasteiger partial charge on any atom is 0.238 e. The fourth-order valence-corrected chi connectivity index (χ4v) is 2.13. The van der Waals surface area contributed by atoms with Crippen molar-refractivity contribution in [2.45, 2.75) is 13.3 Å². The Morgan fingerprint density at radius 1 is 1.47 bits per heavy atom. The van der Waals surface area contributed by atoms with Gasteiger partial charge in [0.1, 0.15) is 5.82 Å². The lowest BCUT2D eigenvalue weighted by Gasteiger charge is -2.17. The fourth-order valence-electron chi connectivity index (χ4n) is 1.89. The molecule has 0 N–H and O–H groups in total. The van der Waals surface area contributed by atoms with Gasteiger partial charge in [0.05, 0.1) is 11.6 Å². The first kappa shape index (κ1) is 12.0. The van der Waals surface area contributed by atoms with Crippen molar-refractivity contribution in [3.63, 3.8) is 0 Å². The van der Waals surface area contributed by atoms with Crippen LogP contribution in [-0.4, -0.2) is 17.7 Å². The molecule has 1 saturated heterocycles. The van der Waals surface area contributed by atoms with Gasteiger partial charge >= 0.3 is 0 Å². The van der Waals surface area contributed by atoms with E-state index in [1.807, 2.05) is 0 Å². The first-order valence-corrected chi connectivity index (χ1v) is 5.77. The monoisotopic (exact) mass is 255 g/mol. The number of carbonyl (C=O) groups is 2. The summed E-state index contributed by atoms with van der Waals surface area (Å²) in [7, 11) is 0. The van der Waals surface area contributed by atoms with Crippen LogP contribution in [0.4, 0.5) is 10.1 Å². The van der Waals surface area contributed by atoms with Gasteiger partial charge in [-0.2, -0.15) is 0 Å². The lowest BCUT2D eigenvalue weighted by molar-refractivity contribution is -0.122. The molecule has 1 aliphatic rings. The largest absolute Gasteiger partial charge is 0.274 e. The second-order valence-electron chi connectivity index (χ2n) is 4.05. The first-order valence-electron chi connectivity index (χ1n) is 5.23. The highest BCUT2D eigenvalue weighted by atomic mass is 35.5. The molecule has 0 saturated carbocycles. The Bertz CT molecular complexity index is 489. The Kier molecular flexibility index (Phi) is 3.15. The molecule has 1 aliphatic heterocycles. The summed E-state index contributed by atoms with van der Waals surface area (Å²) < 4.78 is 13.2. The van der Waals surface area contributed by atoms with Crippen molar-refractivity contribution in [1.82, 2.24) is 0 Å². The Balaban J connectivity index is 2.43. The highest BCUT2D eigenvalue weighted by molar-refractivity contribution is 6.26. The van der Waals surface area contributed by atoms with Gasteiger partial charge in [-0.05, 0) is 24.6 Å². The standard InChI is InChI=1S/C12H11ClFNO2/c1-7-2-3-9(14)5-10(7)15-11(16)4-8(6-13)12(15)17/h2-3,5,8H,4,6H2,1H3. The Morgan fingerprint density at radius 3 is 2.76 bits per heavy atom. The molecule has 0 radical (unpaired) electrons. The maximum atomic E-state index is 13.2. The van der Waals surface area contributed by atoms with Crippen molar-refractivity contribution in [3.8, 4) is 0 Å². The quantitative estimate of drug-likeness (QED) is 0.600. The summed E-state index contributed by atoms with van der Waals surface area (Å²) in [4.78, 5) is 24.7. The third-order valence-electron chi connectivity index (χ3n) is 2.84. The molecular weight excluding hydrogens is 245 g/mol. The summed E-state index contributed by atoms with van der Waals surface area (Å²) in [6, 6.07) is 4.03. The molecule has 0 aromatic heterocycles. The second kappa shape index (κ2) is 4.45. The molecule has 1 aromatic carbocycles. The van der Waals surface area contributed by atoms with Crippen molar-refractivity contribution in [2.75, 3.05) is 10.8 Å². The number of anilines is 1. The van der Waals surface area contributed by atoms with E-state index >= 15 is 0 Å². The van der Waals surface area contributed by atoms with E-state index in [0.717, 1.165) is 4.90 Å². The normalized spacial score (nSPS) is 20.2. The molecule has 1 aromatic rings. The highest BCUT2D eigenvalue weighted by Crippen LogP contribution is 2.30. The lowest BCUT2D eigenvalue weighted by Crippen LogP contribution is -2.31. The highest BCUT2D eigenvalue weighted by Gasteiger charge is 2.39. The third-order valence-corrected chi connectivity index (χ3v) is 3.21. The van der Waals surface area contributed by atoms with Crippen molar-refractivity contribution >= 4 is 29.1 Å². The Labute approximate surface area is 103 Å². The molecule has 5 heteroatoms. The van der Waals surface area contributed by atoms with Crippen molar-refractivity contribution in [1.29, 1.82) is 0 Å². The lowest BCUT2D eigenvalue weighted by atomic mass is 10.1. The number of nitrogens with zero attached hydrogens (tertiary/aromatic N) is 1. The number of imide groups is 1. The molecule has 0 spiro atoms. The number of amides is 2. The van der Waals surface area contributed by atoms with Gasteiger partial charge in [-0.1, -0.05) is 6.07 Å². The van der Waals surface area contributed by atoms with E-state index < -0.39 is 11.7 Å². The van der Waals surface area contributed by atoms with Crippen LogP contribution in [0.2, 0.25) is 0 Å². The van der Waals surface area contributed by atoms with Gasteiger partial charge in [0, 0.05) is 12.3 Å². The summed E-state index contributed by atoms with van der Waals surface area (Å²) >= 11 is 5.62. The van der Waals surface area contributed by atoms with Crippen LogP contribution >= 0.6 is 11.6 Å². The molecule has 3 nitrogen and oxygen atoms in total. The molecule has 2 amide bonds. The van der Waals surface area contributed by atoms with Gasteiger partial charge in [-0.15, -0.1) is 11.6 Å². The average molecular weight is 256 g/mol. The van der Waals surface area contributed by atoms with Gasteiger partial charge in [-0.3, -0.25) is 9.59 Å².